The number of carbonyl (C=O) groups excluding carboxylic acids is 3. The normalized spacial score (nSPS) is 19.3. The Morgan fingerprint density at radius 3 is 2.48 bits per heavy atom. The highest BCUT2D eigenvalue weighted by Crippen LogP contribution is 2.55. The highest BCUT2D eigenvalue weighted by atomic mass is 35.5. The van der Waals surface area contributed by atoms with Gasteiger partial charge in [-0.2, -0.15) is 0 Å². The van der Waals surface area contributed by atoms with Gasteiger partial charge in [0.15, 0.2) is 0 Å². The van der Waals surface area contributed by atoms with Crippen LogP contribution in [0.25, 0.3) is 0 Å². The quantitative estimate of drug-likeness (QED) is 0.597. The number of carbonyl (C=O) groups is 3. The molecule has 3 aromatic carbocycles. The van der Waals surface area contributed by atoms with Gasteiger partial charge in [0.2, 0.25) is 16.7 Å². The molecule has 1 spiro atoms. The van der Waals surface area contributed by atoms with Crippen molar-refractivity contribution in [2.24, 2.45) is 0 Å². The van der Waals surface area contributed by atoms with Gasteiger partial charge >= 0.3 is 0 Å². The Bertz CT molecular complexity index is 1280. The topological polar surface area (TPSA) is 69.7 Å². The number of nitrogens with zero attached hydrogens (tertiary/aromatic N) is 2. The third-order valence-corrected chi connectivity index (χ3v) is 7.51. The molecule has 0 saturated carbocycles. The van der Waals surface area contributed by atoms with Crippen LogP contribution in [0.4, 0.5) is 17.1 Å². The van der Waals surface area contributed by atoms with Crippen LogP contribution in [0.2, 0.25) is 5.02 Å². The van der Waals surface area contributed by atoms with E-state index in [1.807, 2.05) is 55.5 Å². The zero-order valence-corrected chi connectivity index (χ0v) is 19.3. The van der Waals surface area contributed by atoms with Gasteiger partial charge in [-0.05, 0) is 48.9 Å². The Morgan fingerprint density at radius 2 is 1.73 bits per heavy atom. The molecular weight excluding hydrogens is 458 g/mol. The number of nitrogens with one attached hydrogen (secondary N) is 1. The van der Waals surface area contributed by atoms with Crippen molar-refractivity contribution in [2.45, 2.75) is 11.8 Å². The van der Waals surface area contributed by atoms with Crippen LogP contribution in [-0.2, 0) is 19.3 Å². The number of para-hydroxylation sites is 2. The molecule has 3 amide bonds. The number of fused-ring (bicyclic) bond motifs is 2. The van der Waals surface area contributed by atoms with Crippen LogP contribution in [0.1, 0.15) is 11.1 Å². The molecule has 0 unspecified atom stereocenters. The van der Waals surface area contributed by atoms with E-state index in [2.05, 4.69) is 5.32 Å². The van der Waals surface area contributed by atoms with Crippen molar-refractivity contribution >= 4 is 58.1 Å². The average Bonchev–Trinajstić information content (AvgIpc) is 3.27. The number of benzene rings is 3. The molecular formula is C25H20ClN3O3S. The molecule has 8 heteroatoms. The van der Waals surface area contributed by atoms with Gasteiger partial charge in [0.25, 0.3) is 5.91 Å². The summed E-state index contributed by atoms with van der Waals surface area (Å²) in [5.41, 5.74) is 3.54. The third-order valence-electron chi connectivity index (χ3n) is 5.87. The van der Waals surface area contributed by atoms with Gasteiger partial charge in [-0.25, -0.2) is 0 Å². The third kappa shape index (κ3) is 3.48. The first-order chi connectivity index (χ1) is 15.9. The van der Waals surface area contributed by atoms with Gasteiger partial charge in [0, 0.05) is 22.0 Å². The lowest BCUT2D eigenvalue weighted by atomic mass is 10.0. The maximum absolute atomic E-state index is 13.9. The summed E-state index contributed by atoms with van der Waals surface area (Å²) in [5, 5.41) is 3.43. The van der Waals surface area contributed by atoms with E-state index >= 15 is 0 Å². The fourth-order valence-corrected chi connectivity index (χ4v) is 5.83. The van der Waals surface area contributed by atoms with Gasteiger partial charge in [-0.3, -0.25) is 24.2 Å². The molecule has 6 nitrogen and oxygen atoms in total. The summed E-state index contributed by atoms with van der Waals surface area (Å²) in [6.45, 7) is 1.75. The molecule has 0 bridgehead atoms. The Kier molecular flexibility index (Phi) is 5.38. The number of anilines is 3. The minimum atomic E-state index is -1.26. The molecule has 2 aliphatic rings. The lowest BCUT2D eigenvalue weighted by Crippen LogP contribution is -2.50. The minimum absolute atomic E-state index is 0.158. The predicted molar refractivity (Wildman–Crippen MR) is 132 cm³/mol. The zero-order valence-electron chi connectivity index (χ0n) is 17.7. The molecule has 0 radical (unpaired) electrons. The summed E-state index contributed by atoms with van der Waals surface area (Å²) in [7, 11) is 0. The van der Waals surface area contributed by atoms with E-state index in [0.717, 1.165) is 5.56 Å². The average molecular weight is 478 g/mol. The second-order valence-electron chi connectivity index (χ2n) is 7.91. The second kappa shape index (κ2) is 8.24. The SMILES string of the molecule is Cc1ccccc1NC(=O)CN1C(=O)[C@]2(SCC(=O)N2c2ccc(Cl)cc2)c2ccccc21. The monoisotopic (exact) mass is 477 g/mol. The van der Waals surface area contributed by atoms with Crippen LogP contribution < -0.4 is 15.1 Å². The van der Waals surface area contributed by atoms with Crippen LogP contribution in [0.5, 0.6) is 0 Å². The van der Waals surface area contributed by atoms with E-state index in [4.69, 9.17) is 11.6 Å². The standard InChI is InChI=1S/C25H20ClN3O3S/c1-16-6-2-4-8-20(16)27-22(30)14-28-21-9-5-3-7-19(21)25(24(28)32)29(23(31)15-33-25)18-12-10-17(26)11-13-18/h2-13H,14-15H2,1H3,(H,27,30)/t25-/m1/s1. The van der Waals surface area contributed by atoms with Gasteiger partial charge in [0.1, 0.15) is 6.54 Å². The van der Waals surface area contributed by atoms with Gasteiger partial charge in [-0.15, -0.1) is 11.8 Å². The van der Waals surface area contributed by atoms with E-state index in [0.29, 0.717) is 27.6 Å². The van der Waals surface area contributed by atoms with Crippen molar-refractivity contribution in [3.05, 3.63) is 88.9 Å². The first-order valence-corrected chi connectivity index (χ1v) is 11.8. The van der Waals surface area contributed by atoms with E-state index in [1.165, 1.54) is 21.6 Å². The molecule has 1 fully saturated rings. The summed E-state index contributed by atoms with van der Waals surface area (Å²) >= 11 is 7.32. The molecule has 0 aliphatic carbocycles. The maximum Gasteiger partial charge on any atom is 0.269 e. The summed E-state index contributed by atoms with van der Waals surface area (Å²) in [4.78, 5) is 41.6. The first kappa shape index (κ1) is 21.6. The molecule has 2 heterocycles. The van der Waals surface area contributed by atoms with Crippen LogP contribution >= 0.6 is 23.4 Å². The number of rotatable bonds is 4. The van der Waals surface area contributed by atoms with Gasteiger partial charge in [-0.1, -0.05) is 48.0 Å². The van der Waals surface area contributed by atoms with E-state index in [9.17, 15) is 14.4 Å². The lowest BCUT2D eigenvalue weighted by Gasteiger charge is -2.33. The smallest absolute Gasteiger partial charge is 0.269 e. The van der Waals surface area contributed by atoms with Crippen LogP contribution in [0.15, 0.2) is 72.8 Å². The molecule has 166 valence electrons. The predicted octanol–water partition coefficient (Wildman–Crippen LogP) is 4.57. The largest absolute Gasteiger partial charge is 0.324 e. The number of amides is 3. The van der Waals surface area contributed by atoms with Crippen molar-refractivity contribution in [3.8, 4) is 0 Å². The molecule has 33 heavy (non-hydrogen) atoms. The molecule has 2 aliphatic heterocycles. The van der Waals surface area contributed by atoms with Crippen LogP contribution in [-0.4, -0.2) is 30.0 Å². The highest BCUT2D eigenvalue weighted by Gasteiger charge is 2.61. The molecule has 5 rings (SSSR count). The molecule has 1 atom stereocenters. The van der Waals surface area contributed by atoms with E-state index in [1.54, 1.807) is 24.3 Å². The van der Waals surface area contributed by atoms with Crippen LogP contribution in [0, 0.1) is 6.92 Å². The van der Waals surface area contributed by atoms with Crippen molar-refractivity contribution in [3.63, 3.8) is 0 Å². The Labute approximate surface area is 200 Å². The Hall–Kier alpha value is -3.29. The second-order valence-corrected chi connectivity index (χ2v) is 9.51. The Balaban J connectivity index is 1.52. The maximum atomic E-state index is 13.9. The van der Waals surface area contributed by atoms with Gasteiger partial charge in [0.05, 0.1) is 11.4 Å². The molecule has 0 aromatic heterocycles. The summed E-state index contributed by atoms with van der Waals surface area (Å²) < 4.78 is 0. The number of halogens is 1. The molecule has 3 aromatic rings. The summed E-state index contributed by atoms with van der Waals surface area (Å²) in [6.07, 6.45) is 0. The number of thioether (sulfide) groups is 1. The summed E-state index contributed by atoms with van der Waals surface area (Å²) in [5.74, 6) is -0.630. The van der Waals surface area contributed by atoms with E-state index < -0.39 is 4.87 Å². The first-order valence-electron chi connectivity index (χ1n) is 10.4. The van der Waals surface area contributed by atoms with Crippen molar-refractivity contribution in [2.75, 3.05) is 27.4 Å². The fraction of sp³-hybridized carbons (Fsp3) is 0.160. The van der Waals surface area contributed by atoms with Gasteiger partial charge < -0.3 is 5.32 Å². The lowest BCUT2D eigenvalue weighted by molar-refractivity contribution is -0.124. The number of hydrogen-bond donors (Lipinski definition) is 1. The number of hydrogen-bond acceptors (Lipinski definition) is 4. The minimum Gasteiger partial charge on any atom is -0.324 e. The van der Waals surface area contributed by atoms with Crippen molar-refractivity contribution < 1.29 is 14.4 Å². The van der Waals surface area contributed by atoms with E-state index in [-0.39, 0.29) is 30.0 Å². The fourth-order valence-electron chi connectivity index (χ4n) is 4.35. The van der Waals surface area contributed by atoms with Crippen molar-refractivity contribution in [1.82, 2.24) is 0 Å². The molecule has 1 saturated heterocycles. The summed E-state index contributed by atoms with van der Waals surface area (Å²) in [6, 6.07) is 21.7. The van der Waals surface area contributed by atoms with Crippen molar-refractivity contribution in [1.29, 1.82) is 0 Å². The number of aryl methyl sites for hydroxylation is 1. The zero-order chi connectivity index (χ0) is 23.2. The molecule has 1 N–H and O–H groups in total. The Morgan fingerprint density at radius 1 is 1.03 bits per heavy atom. The van der Waals surface area contributed by atoms with Crippen LogP contribution in [0.3, 0.4) is 0 Å². The highest BCUT2D eigenvalue weighted by molar-refractivity contribution is 8.02.